The highest BCUT2D eigenvalue weighted by atomic mass is 79.9. The molecule has 1 aromatic heterocycles. The Labute approximate surface area is 167 Å². The van der Waals surface area contributed by atoms with Crippen LogP contribution in [-0.4, -0.2) is 28.7 Å². The van der Waals surface area contributed by atoms with Crippen molar-refractivity contribution in [3.8, 4) is 11.5 Å². The second-order valence-electron chi connectivity index (χ2n) is 5.43. The van der Waals surface area contributed by atoms with Crippen molar-refractivity contribution in [1.29, 1.82) is 0 Å². The predicted molar refractivity (Wildman–Crippen MR) is 102 cm³/mol. The van der Waals surface area contributed by atoms with E-state index in [1.807, 2.05) is 18.2 Å². The van der Waals surface area contributed by atoms with Crippen LogP contribution in [0.5, 0.6) is 0 Å². The molecule has 0 unspecified atom stereocenters. The molecule has 28 heavy (non-hydrogen) atoms. The van der Waals surface area contributed by atoms with Crippen molar-refractivity contribution in [2.24, 2.45) is 0 Å². The summed E-state index contributed by atoms with van der Waals surface area (Å²) in [5, 5.41) is 9.86. The van der Waals surface area contributed by atoms with Crippen molar-refractivity contribution in [1.82, 2.24) is 10.2 Å². The van der Waals surface area contributed by atoms with E-state index >= 15 is 0 Å². The molecule has 1 amide bonds. The number of nitrogens with one attached hydrogen (secondary N) is 1. The zero-order valence-electron chi connectivity index (χ0n) is 14.3. The molecular formula is C19H13BrFN3O4. The highest BCUT2D eigenvalue weighted by Gasteiger charge is 2.12. The number of esters is 1. The first kappa shape index (κ1) is 19.4. The van der Waals surface area contributed by atoms with E-state index in [1.165, 1.54) is 24.3 Å². The highest BCUT2D eigenvalue weighted by molar-refractivity contribution is 9.10. The third-order valence-electron chi connectivity index (χ3n) is 3.39. The molecule has 0 saturated heterocycles. The fraction of sp³-hybridized carbons (Fsp3) is 0.0526. The number of hydrogen-bond donors (Lipinski definition) is 1. The Morgan fingerprint density at radius 3 is 2.75 bits per heavy atom. The lowest BCUT2D eigenvalue weighted by Crippen LogP contribution is -2.20. The number of anilines is 1. The van der Waals surface area contributed by atoms with Gasteiger partial charge in [0.1, 0.15) is 5.82 Å². The summed E-state index contributed by atoms with van der Waals surface area (Å²) in [6.07, 6.45) is 2.28. The molecule has 1 heterocycles. The molecule has 9 heteroatoms. The van der Waals surface area contributed by atoms with E-state index in [-0.39, 0.29) is 17.5 Å². The number of aromatic nitrogens is 2. The van der Waals surface area contributed by atoms with Crippen molar-refractivity contribution >= 4 is 39.9 Å². The van der Waals surface area contributed by atoms with E-state index in [9.17, 15) is 14.0 Å². The number of carbonyl (C=O) groups is 2. The number of halogens is 2. The molecule has 0 saturated carbocycles. The van der Waals surface area contributed by atoms with Crippen molar-refractivity contribution in [3.05, 3.63) is 70.5 Å². The lowest BCUT2D eigenvalue weighted by Gasteiger charge is -2.01. The van der Waals surface area contributed by atoms with Gasteiger partial charge in [-0.05, 0) is 36.4 Å². The maximum Gasteiger partial charge on any atom is 0.331 e. The zero-order chi connectivity index (χ0) is 19.9. The van der Waals surface area contributed by atoms with Crippen LogP contribution in [0.4, 0.5) is 10.4 Å². The molecule has 0 radical (unpaired) electrons. The van der Waals surface area contributed by atoms with Crippen LogP contribution in [0.1, 0.15) is 5.56 Å². The van der Waals surface area contributed by atoms with Crippen LogP contribution in [-0.2, 0) is 14.3 Å². The lowest BCUT2D eigenvalue weighted by molar-refractivity contribution is -0.142. The van der Waals surface area contributed by atoms with Crippen LogP contribution >= 0.6 is 15.9 Å². The van der Waals surface area contributed by atoms with E-state index in [2.05, 4.69) is 31.4 Å². The summed E-state index contributed by atoms with van der Waals surface area (Å²) in [4.78, 5) is 23.5. The quantitative estimate of drug-likeness (QED) is 0.457. The minimum Gasteiger partial charge on any atom is -0.452 e. The van der Waals surface area contributed by atoms with E-state index in [1.54, 1.807) is 12.1 Å². The van der Waals surface area contributed by atoms with Gasteiger partial charge in [-0.3, -0.25) is 10.1 Å². The number of nitrogens with zero attached hydrogens (tertiary/aromatic N) is 2. The Morgan fingerprint density at radius 1 is 1.18 bits per heavy atom. The normalized spacial score (nSPS) is 10.8. The van der Waals surface area contributed by atoms with Crippen molar-refractivity contribution in [3.63, 3.8) is 0 Å². The molecule has 0 spiro atoms. The Morgan fingerprint density at radius 2 is 1.96 bits per heavy atom. The first-order valence-electron chi connectivity index (χ1n) is 8.00. The molecule has 0 aliphatic carbocycles. The molecule has 0 atom stereocenters. The predicted octanol–water partition coefficient (Wildman–Crippen LogP) is 3.83. The van der Waals surface area contributed by atoms with Gasteiger partial charge in [-0.1, -0.05) is 39.2 Å². The fourth-order valence-electron chi connectivity index (χ4n) is 2.11. The van der Waals surface area contributed by atoms with Gasteiger partial charge in [0, 0.05) is 21.7 Å². The number of ether oxygens (including phenoxy) is 1. The van der Waals surface area contributed by atoms with Gasteiger partial charge < -0.3 is 9.15 Å². The Bertz CT molecular complexity index is 1020. The average Bonchev–Trinajstić information content (AvgIpc) is 3.16. The van der Waals surface area contributed by atoms with Gasteiger partial charge in [0.05, 0.1) is 0 Å². The SMILES string of the molecule is O=C(COC(=O)C=Cc1cc(Br)ccc1F)Nc1nnc(-c2ccccc2)o1. The first-order valence-corrected chi connectivity index (χ1v) is 8.79. The number of amides is 1. The number of hydrogen-bond acceptors (Lipinski definition) is 6. The summed E-state index contributed by atoms with van der Waals surface area (Å²) < 4.78 is 24.4. The third kappa shape index (κ3) is 5.34. The molecule has 0 bridgehead atoms. The molecule has 7 nitrogen and oxygen atoms in total. The Kier molecular flexibility index (Phi) is 6.28. The smallest absolute Gasteiger partial charge is 0.331 e. The van der Waals surface area contributed by atoms with Crippen molar-refractivity contribution in [2.45, 2.75) is 0 Å². The summed E-state index contributed by atoms with van der Waals surface area (Å²) in [5.41, 5.74) is 0.905. The molecule has 0 aliphatic rings. The molecule has 0 fully saturated rings. The van der Waals surface area contributed by atoms with Crippen LogP contribution in [0, 0.1) is 5.82 Å². The Hall–Kier alpha value is -3.33. The standard InChI is InChI=1S/C19H13BrFN3O4/c20-14-7-8-15(21)13(10-14)6-9-17(26)27-11-16(25)22-19-24-23-18(28-19)12-4-2-1-3-5-12/h1-10H,11H2,(H,22,24,25). The summed E-state index contributed by atoms with van der Waals surface area (Å²) in [6, 6.07) is 13.2. The summed E-state index contributed by atoms with van der Waals surface area (Å²) in [7, 11) is 0. The number of rotatable bonds is 6. The van der Waals surface area contributed by atoms with Crippen LogP contribution in [0.2, 0.25) is 0 Å². The van der Waals surface area contributed by atoms with Gasteiger partial charge in [-0.15, -0.1) is 5.10 Å². The van der Waals surface area contributed by atoms with Gasteiger partial charge in [-0.25, -0.2) is 9.18 Å². The molecule has 0 aliphatic heterocycles. The van der Waals surface area contributed by atoms with Gasteiger partial charge >= 0.3 is 12.0 Å². The van der Waals surface area contributed by atoms with E-state index in [0.29, 0.717) is 10.0 Å². The van der Waals surface area contributed by atoms with Gasteiger partial charge in [0.2, 0.25) is 5.89 Å². The number of carbonyl (C=O) groups excluding carboxylic acids is 2. The maximum absolute atomic E-state index is 13.6. The summed E-state index contributed by atoms with van der Waals surface area (Å²) in [6.45, 7) is -0.562. The zero-order valence-corrected chi connectivity index (χ0v) is 15.8. The summed E-state index contributed by atoms with van der Waals surface area (Å²) >= 11 is 3.21. The molecule has 3 rings (SSSR count). The Balaban J connectivity index is 1.50. The van der Waals surface area contributed by atoms with E-state index < -0.39 is 24.3 Å². The molecule has 142 valence electrons. The highest BCUT2D eigenvalue weighted by Crippen LogP contribution is 2.19. The topological polar surface area (TPSA) is 94.3 Å². The third-order valence-corrected chi connectivity index (χ3v) is 3.89. The second-order valence-corrected chi connectivity index (χ2v) is 6.35. The van der Waals surface area contributed by atoms with Gasteiger partial charge in [0.15, 0.2) is 6.61 Å². The van der Waals surface area contributed by atoms with Crippen LogP contribution in [0.15, 0.2) is 63.5 Å². The number of benzene rings is 2. The molecule has 1 N–H and O–H groups in total. The molecular weight excluding hydrogens is 433 g/mol. The van der Waals surface area contributed by atoms with Crippen LogP contribution in [0.3, 0.4) is 0 Å². The lowest BCUT2D eigenvalue weighted by atomic mass is 10.2. The minimum atomic E-state index is -0.801. The van der Waals surface area contributed by atoms with E-state index in [0.717, 1.165) is 6.08 Å². The minimum absolute atomic E-state index is 0.119. The van der Waals surface area contributed by atoms with E-state index in [4.69, 9.17) is 9.15 Å². The largest absolute Gasteiger partial charge is 0.452 e. The maximum atomic E-state index is 13.6. The molecule has 3 aromatic rings. The van der Waals surface area contributed by atoms with Gasteiger partial charge in [-0.2, -0.15) is 0 Å². The fourth-order valence-corrected chi connectivity index (χ4v) is 2.49. The van der Waals surface area contributed by atoms with Crippen molar-refractivity contribution in [2.75, 3.05) is 11.9 Å². The molecule has 2 aromatic carbocycles. The van der Waals surface area contributed by atoms with Crippen LogP contribution < -0.4 is 5.32 Å². The average molecular weight is 446 g/mol. The first-order chi connectivity index (χ1) is 13.5. The monoisotopic (exact) mass is 445 g/mol. The summed E-state index contributed by atoms with van der Waals surface area (Å²) in [5.74, 6) is -1.70. The van der Waals surface area contributed by atoms with Crippen LogP contribution in [0.25, 0.3) is 17.5 Å². The second kappa shape index (κ2) is 9.05. The van der Waals surface area contributed by atoms with Crippen molar-refractivity contribution < 1.29 is 23.1 Å². The van der Waals surface area contributed by atoms with Gasteiger partial charge in [0.25, 0.3) is 5.91 Å².